The van der Waals surface area contributed by atoms with Crippen molar-refractivity contribution in [3.8, 4) is 11.4 Å². The van der Waals surface area contributed by atoms with E-state index in [-0.39, 0.29) is 11.8 Å². The number of nitrogens with one attached hydrogen (secondary N) is 2. The van der Waals surface area contributed by atoms with E-state index in [4.69, 9.17) is 4.42 Å². The van der Waals surface area contributed by atoms with Crippen LogP contribution >= 0.6 is 0 Å². The van der Waals surface area contributed by atoms with Crippen molar-refractivity contribution >= 4 is 11.6 Å². The third kappa shape index (κ3) is 3.13. The van der Waals surface area contributed by atoms with Crippen molar-refractivity contribution < 1.29 is 9.21 Å². The Labute approximate surface area is 133 Å². The molecule has 3 aromatic rings. The smallest absolute Gasteiger partial charge is 0.277 e. The Balaban J connectivity index is 1.75. The Bertz CT molecular complexity index is 817. The van der Waals surface area contributed by atoms with Gasteiger partial charge in [-0.15, -0.1) is 0 Å². The quantitative estimate of drug-likeness (QED) is 0.771. The average molecular weight is 311 g/mol. The first-order chi connectivity index (χ1) is 11.0. The molecule has 2 heterocycles. The Morgan fingerprint density at radius 3 is 2.61 bits per heavy atom. The number of oxazole rings is 1. The largest absolute Gasteiger partial charge is 0.447 e. The number of hydrogen-bond acceptors (Lipinski definition) is 5. The number of carbonyl (C=O) groups excluding carboxylic acids is 1. The Kier molecular flexibility index (Phi) is 3.92. The fourth-order valence-electron chi connectivity index (χ4n) is 2.20. The molecule has 7 nitrogen and oxygen atoms in total. The highest BCUT2D eigenvalue weighted by Crippen LogP contribution is 2.21. The number of rotatable bonds is 4. The summed E-state index contributed by atoms with van der Waals surface area (Å²) < 4.78 is 5.27. The third-order valence-corrected chi connectivity index (χ3v) is 3.33. The minimum atomic E-state index is -0.288. The third-order valence-electron chi connectivity index (χ3n) is 3.33. The van der Waals surface area contributed by atoms with Crippen LogP contribution in [-0.4, -0.2) is 26.1 Å². The van der Waals surface area contributed by atoms with Gasteiger partial charge < -0.3 is 9.73 Å². The average Bonchev–Trinajstić information content (AvgIpc) is 3.16. The number of carbonyl (C=O) groups is 1. The predicted molar refractivity (Wildman–Crippen MR) is 85.1 cm³/mol. The lowest BCUT2D eigenvalue weighted by Crippen LogP contribution is -2.14. The minimum Gasteiger partial charge on any atom is -0.447 e. The lowest BCUT2D eigenvalue weighted by atomic mass is 10.1. The molecule has 2 N–H and O–H groups in total. The van der Waals surface area contributed by atoms with Gasteiger partial charge >= 0.3 is 0 Å². The normalized spacial score (nSPS) is 11.0. The molecule has 0 saturated heterocycles. The van der Waals surface area contributed by atoms with Gasteiger partial charge in [-0.05, 0) is 31.2 Å². The Morgan fingerprint density at radius 2 is 2.00 bits per heavy atom. The highest BCUT2D eigenvalue weighted by atomic mass is 16.3. The van der Waals surface area contributed by atoms with Crippen molar-refractivity contribution in [2.24, 2.45) is 0 Å². The molecule has 0 radical (unpaired) electrons. The molecule has 0 spiro atoms. The van der Waals surface area contributed by atoms with E-state index in [1.165, 1.54) is 6.39 Å². The van der Waals surface area contributed by atoms with Crippen LogP contribution in [0.25, 0.3) is 11.4 Å². The van der Waals surface area contributed by atoms with Crippen LogP contribution in [0.1, 0.15) is 41.8 Å². The van der Waals surface area contributed by atoms with Gasteiger partial charge in [-0.25, -0.2) is 9.97 Å². The molecular weight excluding hydrogens is 294 g/mol. The van der Waals surface area contributed by atoms with Crippen LogP contribution in [0.4, 0.5) is 5.69 Å². The summed E-state index contributed by atoms with van der Waals surface area (Å²) >= 11 is 0. The molecule has 0 unspecified atom stereocenters. The zero-order valence-corrected chi connectivity index (χ0v) is 13.1. The van der Waals surface area contributed by atoms with Gasteiger partial charge in [-0.3, -0.25) is 9.89 Å². The molecule has 23 heavy (non-hydrogen) atoms. The summed E-state index contributed by atoms with van der Waals surface area (Å²) in [6.07, 6.45) is 1.29. The summed E-state index contributed by atoms with van der Waals surface area (Å²) in [6.45, 7) is 5.74. The van der Waals surface area contributed by atoms with Crippen LogP contribution in [0.2, 0.25) is 0 Å². The highest BCUT2D eigenvalue weighted by molar-refractivity contribution is 6.03. The zero-order valence-electron chi connectivity index (χ0n) is 13.1. The van der Waals surface area contributed by atoms with Gasteiger partial charge in [-0.2, -0.15) is 5.10 Å². The molecule has 2 aromatic heterocycles. The Morgan fingerprint density at radius 1 is 1.26 bits per heavy atom. The number of H-pyrrole nitrogens is 1. The molecule has 0 atom stereocenters. The van der Waals surface area contributed by atoms with E-state index >= 15 is 0 Å². The molecule has 3 rings (SSSR count). The molecule has 0 bridgehead atoms. The SMILES string of the molecule is Cc1nc(-c2ccc(NC(=O)c3ncoc3C(C)C)cc2)n[nH]1. The number of aromatic amines is 1. The van der Waals surface area contributed by atoms with Crippen LogP contribution in [-0.2, 0) is 0 Å². The van der Waals surface area contributed by atoms with E-state index in [0.29, 0.717) is 23.0 Å². The monoisotopic (exact) mass is 311 g/mol. The van der Waals surface area contributed by atoms with Crippen LogP contribution < -0.4 is 5.32 Å². The second-order valence-electron chi connectivity index (χ2n) is 5.50. The van der Waals surface area contributed by atoms with Crippen LogP contribution in [0, 0.1) is 6.92 Å². The highest BCUT2D eigenvalue weighted by Gasteiger charge is 2.19. The maximum absolute atomic E-state index is 12.3. The molecule has 0 fully saturated rings. The number of aryl methyl sites for hydroxylation is 1. The van der Waals surface area contributed by atoms with Crippen molar-refractivity contribution in [2.45, 2.75) is 26.7 Å². The van der Waals surface area contributed by atoms with Crippen molar-refractivity contribution in [1.82, 2.24) is 20.2 Å². The summed E-state index contributed by atoms with van der Waals surface area (Å²) in [4.78, 5) is 20.6. The maximum Gasteiger partial charge on any atom is 0.277 e. The number of benzene rings is 1. The molecule has 0 aliphatic rings. The molecule has 1 amide bonds. The lowest BCUT2D eigenvalue weighted by molar-refractivity contribution is 0.102. The number of nitrogens with zero attached hydrogens (tertiary/aromatic N) is 3. The zero-order chi connectivity index (χ0) is 16.4. The van der Waals surface area contributed by atoms with Gasteiger partial charge in [0.2, 0.25) is 0 Å². The number of aromatic nitrogens is 4. The fraction of sp³-hybridized carbons (Fsp3) is 0.250. The van der Waals surface area contributed by atoms with Crippen LogP contribution in [0.5, 0.6) is 0 Å². The van der Waals surface area contributed by atoms with E-state index in [1.807, 2.05) is 32.9 Å². The van der Waals surface area contributed by atoms with Crippen LogP contribution in [0.3, 0.4) is 0 Å². The van der Waals surface area contributed by atoms with E-state index in [2.05, 4.69) is 25.5 Å². The molecule has 118 valence electrons. The molecule has 1 aromatic carbocycles. The number of anilines is 1. The lowest BCUT2D eigenvalue weighted by Gasteiger charge is -2.06. The van der Waals surface area contributed by atoms with Gasteiger partial charge in [0.25, 0.3) is 5.91 Å². The van der Waals surface area contributed by atoms with E-state index in [9.17, 15) is 4.79 Å². The van der Waals surface area contributed by atoms with Crippen molar-refractivity contribution in [1.29, 1.82) is 0 Å². The molecule has 0 aliphatic heterocycles. The summed E-state index contributed by atoms with van der Waals surface area (Å²) in [5, 5.41) is 9.72. The molecule has 7 heteroatoms. The molecule has 0 saturated carbocycles. The van der Waals surface area contributed by atoms with E-state index < -0.39 is 0 Å². The first kappa shape index (κ1) is 15.0. The van der Waals surface area contributed by atoms with E-state index in [0.717, 1.165) is 11.4 Å². The second kappa shape index (κ2) is 6.04. The second-order valence-corrected chi connectivity index (χ2v) is 5.50. The van der Waals surface area contributed by atoms with Gasteiger partial charge in [0, 0.05) is 17.2 Å². The van der Waals surface area contributed by atoms with Gasteiger partial charge in [0.05, 0.1) is 0 Å². The van der Waals surface area contributed by atoms with Gasteiger partial charge in [-0.1, -0.05) is 13.8 Å². The van der Waals surface area contributed by atoms with Crippen LogP contribution in [0.15, 0.2) is 35.1 Å². The molecule has 0 aliphatic carbocycles. The van der Waals surface area contributed by atoms with Crippen molar-refractivity contribution in [3.05, 3.63) is 47.9 Å². The standard InChI is InChI=1S/C16H17N5O2/c1-9(2)14-13(17-8-23-14)16(22)19-12-6-4-11(5-7-12)15-18-10(3)20-21-15/h4-9H,1-3H3,(H,19,22)(H,18,20,21). The van der Waals surface area contributed by atoms with Gasteiger partial charge in [0.15, 0.2) is 17.9 Å². The summed E-state index contributed by atoms with van der Waals surface area (Å²) in [5.74, 6) is 1.76. The van der Waals surface area contributed by atoms with Gasteiger partial charge in [0.1, 0.15) is 11.6 Å². The van der Waals surface area contributed by atoms with Crippen molar-refractivity contribution in [2.75, 3.05) is 5.32 Å². The molecular formula is C16H17N5O2. The summed E-state index contributed by atoms with van der Waals surface area (Å²) in [6, 6.07) is 7.30. The number of hydrogen-bond donors (Lipinski definition) is 2. The van der Waals surface area contributed by atoms with E-state index in [1.54, 1.807) is 12.1 Å². The summed E-state index contributed by atoms with van der Waals surface area (Å²) in [5.41, 5.74) is 1.86. The topological polar surface area (TPSA) is 96.7 Å². The number of amides is 1. The maximum atomic E-state index is 12.3. The first-order valence-corrected chi connectivity index (χ1v) is 7.28. The summed E-state index contributed by atoms with van der Waals surface area (Å²) in [7, 11) is 0. The minimum absolute atomic E-state index is 0.0922. The predicted octanol–water partition coefficient (Wildman–Crippen LogP) is 3.14. The Hall–Kier alpha value is -2.96. The fourth-order valence-corrected chi connectivity index (χ4v) is 2.20. The van der Waals surface area contributed by atoms with Crippen molar-refractivity contribution in [3.63, 3.8) is 0 Å². The first-order valence-electron chi connectivity index (χ1n) is 7.28.